The van der Waals surface area contributed by atoms with Crippen molar-refractivity contribution >= 4 is 5.82 Å². The van der Waals surface area contributed by atoms with E-state index in [1.807, 2.05) is 13.0 Å². The first-order chi connectivity index (χ1) is 8.67. The summed E-state index contributed by atoms with van der Waals surface area (Å²) >= 11 is 0. The molecule has 0 saturated carbocycles. The predicted octanol–water partition coefficient (Wildman–Crippen LogP) is 1.55. The SMILES string of the molecule is COc1cc(NCC2CCN(C)CC2)nc(C)n1. The minimum absolute atomic E-state index is 0.619. The van der Waals surface area contributed by atoms with Crippen molar-refractivity contribution in [2.24, 2.45) is 5.92 Å². The van der Waals surface area contributed by atoms with Crippen molar-refractivity contribution in [3.05, 3.63) is 11.9 Å². The van der Waals surface area contributed by atoms with E-state index in [1.54, 1.807) is 7.11 Å². The van der Waals surface area contributed by atoms with Crippen molar-refractivity contribution in [1.82, 2.24) is 14.9 Å². The Bertz CT molecular complexity index is 389. The average Bonchev–Trinajstić information content (AvgIpc) is 2.37. The minimum atomic E-state index is 0.619. The van der Waals surface area contributed by atoms with Gasteiger partial charge >= 0.3 is 0 Å². The summed E-state index contributed by atoms with van der Waals surface area (Å²) in [5.74, 6) is 2.95. The molecule has 1 N–H and O–H groups in total. The number of anilines is 1. The molecule has 0 unspecified atom stereocenters. The lowest BCUT2D eigenvalue weighted by Crippen LogP contribution is -2.33. The van der Waals surface area contributed by atoms with Crippen LogP contribution < -0.4 is 10.1 Å². The van der Waals surface area contributed by atoms with Gasteiger partial charge in [-0.1, -0.05) is 0 Å². The van der Waals surface area contributed by atoms with E-state index < -0.39 is 0 Å². The first kappa shape index (κ1) is 13.1. The molecule has 2 heterocycles. The standard InChI is InChI=1S/C13H22N4O/c1-10-15-12(8-13(16-10)18-3)14-9-11-4-6-17(2)7-5-11/h8,11H,4-7,9H2,1-3H3,(H,14,15,16). The molecule has 5 heteroatoms. The number of piperidine rings is 1. The van der Waals surface area contributed by atoms with Crippen LogP contribution in [-0.2, 0) is 0 Å². The van der Waals surface area contributed by atoms with Gasteiger partial charge in [0.2, 0.25) is 5.88 Å². The molecule has 0 aromatic carbocycles. The molecule has 5 nitrogen and oxygen atoms in total. The van der Waals surface area contributed by atoms with Gasteiger partial charge in [0.15, 0.2) is 0 Å². The maximum absolute atomic E-state index is 5.14. The normalized spacial score (nSPS) is 17.7. The lowest BCUT2D eigenvalue weighted by Gasteiger charge is -2.29. The van der Waals surface area contributed by atoms with Crippen LogP contribution in [0, 0.1) is 12.8 Å². The molecule has 1 aromatic rings. The Labute approximate surface area is 109 Å². The third-order valence-corrected chi connectivity index (χ3v) is 3.43. The smallest absolute Gasteiger partial charge is 0.218 e. The van der Waals surface area contributed by atoms with E-state index in [0.29, 0.717) is 5.88 Å². The van der Waals surface area contributed by atoms with Crippen LogP contribution in [-0.4, -0.2) is 48.7 Å². The zero-order valence-electron chi connectivity index (χ0n) is 11.4. The molecule has 2 rings (SSSR count). The highest BCUT2D eigenvalue weighted by Gasteiger charge is 2.16. The van der Waals surface area contributed by atoms with E-state index >= 15 is 0 Å². The molecule has 1 aromatic heterocycles. The molecule has 0 amide bonds. The Hall–Kier alpha value is -1.36. The Balaban J connectivity index is 1.88. The van der Waals surface area contributed by atoms with Gasteiger partial charge in [0.25, 0.3) is 0 Å². The largest absolute Gasteiger partial charge is 0.481 e. The number of nitrogens with one attached hydrogen (secondary N) is 1. The Morgan fingerprint density at radius 3 is 2.78 bits per heavy atom. The third kappa shape index (κ3) is 3.57. The number of ether oxygens (including phenoxy) is 1. The fourth-order valence-corrected chi connectivity index (χ4v) is 2.25. The highest BCUT2D eigenvalue weighted by molar-refractivity contribution is 5.38. The van der Waals surface area contributed by atoms with Crippen LogP contribution in [0.3, 0.4) is 0 Å². The van der Waals surface area contributed by atoms with Crippen LogP contribution in [0.2, 0.25) is 0 Å². The molecular weight excluding hydrogens is 228 g/mol. The van der Waals surface area contributed by atoms with Gasteiger partial charge in [-0.2, -0.15) is 4.98 Å². The number of likely N-dealkylation sites (tertiary alicyclic amines) is 1. The number of hydrogen-bond donors (Lipinski definition) is 1. The van der Waals surface area contributed by atoms with Gasteiger partial charge in [0.1, 0.15) is 11.6 Å². The summed E-state index contributed by atoms with van der Waals surface area (Å²) in [6, 6.07) is 1.85. The highest BCUT2D eigenvalue weighted by atomic mass is 16.5. The summed E-state index contributed by atoms with van der Waals surface area (Å²) in [4.78, 5) is 10.9. The lowest BCUT2D eigenvalue weighted by molar-refractivity contribution is 0.226. The first-order valence-corrected chi connectivity index (χ1v) is 6.49. The Morgan fingerprint density at radius 2 is 2.11 bits per heavy atom. The molecule has 0 atom stereocenters. The van der Waals surface area contributed by atoms with E-state index in [4.69, 9.17) is 4.74 Å². The van der Waals surface area contributed by atoms with Gasteiger partial charge in [-0.15, -0.1) is 0 Å². The maximum atomic E-state index is 5.14. The van der Waals surface area contributed by atoms with E-state index in [9.17, 15) is 0 Å². The maximum Gasteiger partial charge on any atom is 0.218 e. The van der Waals surface area contributed by atoms with Crippen LogP contribution in [0.5, 0.6) is 5.88 Å². The van der Waals surface area contributed by atoms with Crippen LogP contribution in [0.25, 0.3) is 0 Å². The minimum Gasteiger partial charge on any atom is -0.481 e. The number of methoxy groups -OCH3 is 1. The van der Waals surface area contributed by atoms with E-state index in [1.165, 1.54) is 25.9 Å². The summed E-state index contributed by atoms with van der Waals surface area (Å²) in [5, 5.41) is 3.40. The van der Waals surface area contributed by atoms with Crippen LogP contribution >= 0.6 is 0 Å². The van der Waals surface area contributed by atoms with Gasteiger partial charge < -0.3 is 15.0 Å². The fourth-order valence-electron chi connectivity index (χ4n) is 2.25. The number of aryl methyl sites for hydroxylation is 1. The first-order valence-electron chi connectivity index (χ1n) is 6.49. The lowest BCUT2D eigenvalue weighted by atomic mass is 9.97. The summed E-state index contributed by atoms with van der Waals surface area (Å²) in [6.45, 7) is 5.24. The van der Waals surface area contributed by atoms with Gasteiger partial charge in [-0.25, -0.2) is 4.98 Å². The molecule has 0 radical (unpaired) electrons. The van der Waals surface area contributed by atoms with Crippen molar-refractivity contribution in [2.75, 3.05) is 39.1 Å². The van der Waals surface area contributed by atoms with Crippen molar-refractivity contribution in [3.8, 4) is 5.88 Å². The molecule has 0 spiro atoms. The van der Waals surface area contributed by atoms with Crippen LogP contribution in [0.1, 0.15) is 18.7 Å². The number of nitrogens with zero attached hydrogens (tertiary/aromatic N) is 3. The number of hydrogen-bond acceptors (Lipinski definition) is 5. The highest BCUT2D eigenvalue weighted by Crippen LogP contribution is 2.18. The van der Waals surface area contributed by atoms with Gasteiger partial charge in [0.05, 0.1) is 7.11 Å². The Kier molecular flexibility index (Phi) is 4.36. The topological polar surface area (TPSA) is 50.3 Å². The second-order valence-electron chi connectivity index (χ2n) is 4.97. The predicted molar refractivity (Wildman–Crippen MR) is 72.0 cm³/mol. The fraction of sp³-hybridized carbons (Fsp3) is 0.692. The quantitative estimate of drug-likeness (QED) is 0.878. The van der Waals surface area contributed by atoms with Crippen molar-refractivity contribution in [2.45, 2.75) is 19.8 Å². The summed E-state index contributed by atoms with van der Waals surface area (Å²) < 4.78 is 5.14. The zero-order valence-corrected chi connectivity index (χ0v) is 11.4. The summed E-state index contributed by atoms with van der Waals surface area (Å²) in [5.41, 5.74) is 0. The number of aromatic nitrogens is 2. The second-order valence-corrected chi connectivity index (χ2v) is 4.97. The molecular formula is C13H22N4O. The molecule has 100 valence electrons. The molecule has 1 saturated heterocycles. The zero-order chi connectivity index (χ0) is 13.0. The second kappa shape index (κ2) is 6.00. The number of rotatable bonds is 4. The average molecular weight is 250 g/mol. The molecule has 1 fully saturated rings. The molecule has 0 bridgehead atoms. The monoisotopic (exact) mass is 250 g/mol. The molecule has 18 heavy (non-hydrogen) atoms. The Morgan fingerprint density at radius 1 is 1.39 bits per heavy atom. The van der Waals surface area contributed by atoms with E-state index in [0.717, 1.165) is 24.1 Å². The molecule has 1 aliphatic heterocycles. The van der Waals surface area contributed by atoms with Gasteiger partial charge in [-0.05, 0) is 45.8 Å². The van der Waals surface area contributed by atoms with Crippen LogP contribution in [0.15, 0.2) is 6.07 Å². The summed E-state index contributed by atoms with van der Waals surface area (Å²) in [7, 11) is 3.81. The van der Waals surface area contributed by atoms with E-state index in [-0.39, 0.29) is 0 Å². The van der Waals surface area contributed by atoms with E-state index in [2.05, 4.69) is 27.2 Å². The van der Waals surface area contributed by atoms with Gasteiger partial charge in [0, 0.05) is 12.6 Å². The van der Waals surface area contributed by atoms with Crippen molar-refractivity contribution in [1.29, 1.82) is 0 Å². The molecule has 0 aliphatic carbocycles. The molecule has 1 aliphatic rings. The summed E-state index contributed by atoms with van der Waals surface area (Å²) in [6.07, 6.45) is 2.51. The third-order valence-electron chi connectivity index (χ3n) is 3.43. The van der Waals surface area contributed by atoms with Crippen molar-refractivity contribution in [3.63, 3.8) is 0 Å². The van der Waals surface area contributed by atoms with Crippen molar-refractivity contribution < 1.29 is 4.74 Å². The van der Waals surface area contributed by atoms with Crippen LogP contribution in [0.4, 0.5) is 5.82 Å². The van der Waals surface area contributed by atoms with Gasteiger partial charge in [-0.3, -0.25) is 0 Å².